The number of fused-ring (bicyclic) bond motifs is 4. The van der Waals surface area contributed by atoms with Gasteiger partial charge in [-0.25, -0.2) is 0 Å². The number of rotatable bonds is 0. The predicted octanol–water partition coefficient (Wildman–Crippen LogP) is 3.08. The Hall–Kier alpha value is -2.55. The van der Waals surface area contributed by atoms with Crippen LogP contribution in [0.25, 0.3) is 21.5 Å². The molecular weight excluding hydrogens is 240 g/mol. The lowest BCUT2D eigenvalue weighted by Gasteiger charge is -2.00. The maximum Gasteiger partial charge on any atom is 0.231 e. The van der Waals surface area contributed by atoms with Gasteiger partial charge in [-0.15, -0.1) is 0 Å². The summed E-state index contributed by atoms with van der Waals surface area (Å²) in [4.78, 5) is 12.1. The zero-order valence-electron chi connectivity index (χ0n) is 10.1. The van der Waals surface area contributed by atoms with Crippen LogP contribution in [0.1, 0.15) is 0 Å². The van der Waals surface area contributed by atoms with Gasteiger partial charge in [0.05, 0.1) is 0 Å². The minimum atomic E-state index is 0.0220. The van der Waals surface area contributed by atoms with Gasteiger partial charge in [-0.05, 0) is 34.4 Å². The first-order valence-corrected chi connectivity index (χ1v) is 6.08. The molecule has 0 saturated carbocycles. The third-order valence-electron chi connectivity index (χ3n) is 3.44. The van der Waals surface area contributed by atoms with E-state index in [4.69, 9.17) is 9.47 Å². The van der Waals surface area contributed by atoms with Gasteiger partial charge < -0.3 is 9.47 Å². The van der Waals surface area contributed by atoms with E-state index in [9.17, 15) is 4.79 Å². The van der Waals surface area contributed by atoms with Crippen LogP contribution in [-0.2, 0) is 0 Å². The quantitative estimate of drug-likeness (QED) is 0.615. The van der Waals surface area contributed by atoms with Gasteiger partial charge in [0.15, 0.2) is 16.9 Å². The van der Waals surface area contributed by atoms with E-state index in [1.807, 2.05) is 42.5 Å². The lowest BCUT2D eigenvalue weighted by atomic mass is 10.1. The van der Waals surface area contributed by atoms with Gasteiger partial charge in [0.2, 0.25) is 6.79 Å². The highest BCUT2D eigenvalue weighted by atomic mass is 16.7. The van der Waals surface area contributed by atoms with Gasteiger partial charge in [-0.3, -0.25) is 4.79 Å². The molecular formula is C16H10O3. The standard InChI is InChI=1S/C16H10O3/c17-14-6-5-10-7-15-16(19-9-18-15)8-13(10)11-3-1-2-4-12(11)14/h1-8H,9H2. The Morgan fingerprint density at radius 1 is 0.789 bits per heavy atom. The lowest BCUT2D eigenvalue weighted by Crippen LogP contribution is -1.93. The Labute approximate surface area is 109 Å². The fourth-order valence-corrected chi connectivity index (χ4v) is 2.52. The summed E-state index contributed by atoms with van der Waals surface area (Å²) in [6, 6.07) is 14.9. The van der Waals surface area contributed by atoms with Crippen molar-refractivity contribution < 1.29 is 9.47 Å². The molecule has 3 nitrogen and oxygen atoms in total. The van der Waals surface area contributed by atoms with Crippen LogP contribution in [0.5, 0.6) is 11.5 Å². The second kappa shape index (κ2) is 3.72. The fourth-order valence-electron chi connectivity index (χ4n) is 2.52. The van der Waals surface area contributed by atoms with Crippen LogP contribution in [0.4, 0.5) is 0 Å². The Balaban J connectivity index is 2.28. The summed E-state index contributed by atoms with van der Waals surface area (Å²) < 4.78 is 10.8. The molecule has 3 heteroatoms. The van der Waals surface area contributed by atoms with Crippen LogP contribution in [-0.4, -0.2) is 6.79 Å². The molecule has 19 heavy (non-hydrogen) atoms. The van der Waals surface area contributed by atoms with E-state index in [0.29, 0.717) is 0 Å². The molecule has 0 radical (unpaired) electrons. The van der Waals surface area contributed by atoms with E-state index in [1.54, 1.807) is 6.07 Å². The van der Waals surface area contributed by atoms with Crippen LogP contribution in [0.15, 0.2) is 53.3 Å². The van der Waals surface area contributed by atoms with Crippen LogP contribution in [0, 0.1) is 0 Å². The molecule has 1 heterocycles. The third-order valence-corrected chi connectivity index (χ3v) is 3.44. The smallest absolute Gasteiger partial charge is 0.231 e. The average Bonchev–Trinajstić information content (AvgIpc) is 2.85. The molecule has 4 rings (SSSR count). The van der Waals surface area contributed by atoms with Crippen molar-refractivity contribution in [1.82, 2.24) is 0 Å². The number of ether oxygens (including phenoxy) is 2. The molecule has 0 N–H and O–H groups in total. The highest BCUT2D eigenvalue weighted by molar-refractivity contribution is 6.06. The average molecular weight is 250 g/mol. The summed E-state index contributed by atoms with van der Waals surface area (Å²) in [5, 5.41) is 3.63. The highest BCUT2D eigenvalue weighted by Crippen LogP contribution is 2.37. The molecule has 1 aliphatic heterocycles. The van der Waals surface area contributed by atoms with Gasteiger partial charge >= 0.3 is 0 Å². The van der Waals surface area contributed by atoms with E-state index in [0.717, 1.165) is 33.0 Å². The molecule has 3 aromatic rings. The molecule has 3 aromatic carbocycles. The van der Waals surface area contributed by atoms with Gasteiger partial charge in [0.25, 0.3) is 0 Å². The van der Waals surface area contributed by atoms with Crippen LogP contribution in [0.3, 0.4) is 0 Å². The first-order valence-electron chi connectivity index (χ1n) is 6.08. The summed E-state index contributed by atoms with van der Waals surface area (Å²) in [5.74, 6) is 1.46. The topological polar surface area (TPSA) is 35.5 Å². The van der Waals surface area contributed by atoms with E-state index in [-0.39, 0.29) is 12.2 Å². The van der Waals surface area contributed by atoms with Gasteiger partial charge in [0.1, 0.15) is 0 Å². The van der Waals surface area contributed by atoms with Gasteiger partial charge in [0, 0.05) is 5.39 Å². The Morgan fingerprint density at radius 3 is 2.37 bits per heavy atom. The predicted molar refractivity (Wildman–Crippen MR) is 73.8 cm³/mol. The second-order valence-corrected chi connectivity index (χ2v) is 4.54. The molecule has 0 aromatic heterocycles. The maximum atomic E-state index is 12.1. The molecule has 0 fully saturated rings. The summed E-state index contributed by atoms with van der Waals surface area (Å²) in [7, 11) is 0. The van der Waals surface area contributed by atoms with Crippen molar-refractivity contribution in [3.8, 4) is 11.5 Å². The second-order valence-electron chi connectivity index (χ2n) is 4.54. The van der Waals surface area contributed by atoms with Crippen LogP contribution >= 0.6 is 0 Å². The van der Waals surface area contributed by atoms with Crippen LogP contribution in [0.2, 0.25) is 0 Å². The molecule has 1 aliphatic rings. The minimum absolute atomic E-state index is 0.0220. The normalized spacial score (nSPS) is 13.1. The summed E-state index contributed by atoms with van der Waals surface area (Å²) in [6.45, 7) is 0.252. The summed E-state index contributed by atoms with van der Waals surface area (Å²) in [5.41, 5.74) is 0.0220. The molecule has 0 spiro atoms. The number of benzene rings is 2. The largest absolute Gasteiger partial charge is 0.454 e. The first-order chi connectivity index (χ1) is 9.33. The molecule has 0 bridgehead atoms. The maximum absolute atomic E-state index is 12.1. The summed E-state index contributed by atoms with van der Waals surface area (Å²) >= 11 is 0. The molecule has 92 valence electrons. The molecule has 0 atom stereocenters. The number of hydrogen-bond donors (Lipinski definition) is 0. The third kappa shape index (κ3) is 1.48. The highest BCUT2D eigenvalue weighted by Gasteiger charge is 2.14. The van der Waals surface area contributed by atoms with Crippen molar-refractivity contribution in [3.05, 3.63) is 58.8 Å². The number of hydrogen-bond acceptors (Lipinski definition) is 3. The van der Waals surface area contributed by atoms with Crippen LogP contribution < -0.4 is 14.9 Å². The van der Waals surface area contributed by atoms with Gasteiger partial charge in [-0.1, -0.05) is 30.3 Å². The van der Waals surface area contributed by atoms with Crippen molar-refractivity contribution in [2.45, 2.75) is 0 Å². The molecule has 0 amide bonds. The Bertz CT molecular complexity index is 868. The van der Waals surface area contributed by atoms with Crippen molar-refractivity contribution in [1.29, 1.82) is 0 Å². The van der Waals surface area contributed by atoms with Crippen molar-refractivity contribution >= 4 is 21.5 Å². The fraction of sp³-hybridized carbons (Fsp3) is 0.0625. The minimum Gasteiger partial charge on any atom is -0.454 e. The zero-order chi connectivity index (χ0) is 12.8. The van der Waals surface area contributed by atoms with E-state index in [1.165, 1.54) is 0 Å². The molecule has 0 unspecified atom stereocenters. The monoisotopic (exact) mass is 250 g/mol. The summed E-state index contributed by atoms with van der Waals surface area (Å²) in [6.07, 6.45) is 0. The van der Waals surface area contributed by atoms with Crippen molar-refractivity contribution in [2.24, 2.45) is 0 Å². The Kier molecular flexibility index (Phi) is 2.03. The van der Waals surface area contributed by atoms with Gasteiger partial charge in [-0.2, -0.15) is 0 Å². The zero-order valence-corrected chi connectivity index (χ0v) is 10.1. The Morgan fingerprint density at radius 2 is 1.53 bits per heavy atom. The molecule has 0 saturated heterocycles. The van der Waals surface area contributed by atoms with E-state index < -0.39 is 0 Å². The lowest BCUT2D eigenvalue weighted by molar-refractivity contribution is 0.174. The van der Waals surface area contributed by atoms with E-state index in [2.05, 4.69) is 0 Å². The first kappa shape index (κ1) is 10.4. The SMILES string of the molecule is O=c1ccc2cc3c(cc2c2ccccc12)OCO3. The van der Waals surface area contributed by atoms with E-state index >= 15 is 0 Å². The van der Waals surface area contributed by atoms with Crippen molar-refractivity contribution in [3.63, 3.8) is 0 Å². The molecule has 0 aliphatic carbocycles. The van der Waals surface area contributed by atoms with Crippen molar-refractivity contribution in [2.75, 3.05) is 6.79 Å².